The molecule has 1 aliphatic carbocycles. The van der Waals surface area contributed by atoms with Gasteiger partial charge in [-0.3, -0.25) is 0 Å². The van der Waals surface area contributed by atoms with Gasteiger partial charge in [-0.1, -0.05) is 53.5 Å². The molecule has 2 aromatic rings. The average Bonchev–Trinajstić information content (AvgIpc) is 3.21. The van der Waals surface area contributed by atoms with Crippen molar-refractivity contribution in [3.63, 3.8) is 0 Å². The highest BCUT2D eigenvalue weighted by molar-refractivity contribution is 6.36. The third-order valence-corrected chi connectivity index (χ3v) is 3.95. The molecule has 1 fully saturated rings. The van der Waals surface area contributed by atoms with Crippen molar-refractivity contribution in [1.29, 1.82) is 0 Å². The van der Waals surface area contributed by atoms with E-state index in [1.54, 1.807) is 6.07 Å². The molecule has 98 valence electrons. The molecule has 1 N–H and O–H groups in total. The minimum Gasteiger partial charge on any atom is -0.310 e. The predicted octanol–water partition coefficient (Wildman–Crippen LogP) is 4.91. The van der Waals surface area contributed by atoms with Gasteiger partial charge in [-0.25, -0.2) is 0 Å². The Labute approximate surface area is 123 Å². The Bertz CT molecular complexity index is 591. The van der Waals surface area contributed by atoms with Crippen molar-refractivity contribution in [2.45, 2.75) is 25.4 Å². The maximum Gasteiger partial charge on any atom is 0.0499 e. The molecule has 1 saturated carbocycles. The third-order valence-electron chi connectivity index (χ3n) is 3.40. The van der Waals surface area contributed by atoms with Crippen LogP contribution in [0.4, 0.5) is 0 Å². The summed E-state index contributed by atoms with van der Waals surface area (Å²) in [4.78, 5) is 0. The highest BCUT2D eigenvalue weighted by Crippen LogP contribution is 2.32. The number of benzene rings is 2. The molecule has 0 spiro atoms. The van der Waals surface area contributed by atoms with E-state index in [-0.39, 0.29) is 0 Å². The summed E-state index contributed by atoms with van der Waals surface area (Å²) in [5.74, 6) is 0. The van der Waals surface area contributed by atoms with Gasteiger partial charge in [0.1, 0.15) is 0 Å². The summed E-state index contributed by atoms with van der Waals surface area (Å²) in [6.07, 6.45) is 2.59. The largest absolute Gasteiger partial charge is 0.310 e. The normalized spacial score (nSPS) is 14.6. The number of rotatable bonds is 4. The Morgan fingerprint density at radius 2 is 1.79 bits per heavy atom. The monoisotopic (exact) mass is 291 g/mol. The number of hydrogen-bond acceptors (Lipinski definition) is 1. The van der Waals surface area contributed by atoms with Crippen LogP contribution in [-0.4, -0.2) is 6.04 Å². The third kappa shape index (κ3) is 3.11. The van der Waals surface area contributed by atoms with Gasteiger partial charge >= 0.3 is 0 Å². The quantitative estimate of drug-likeness (QED) is 0.844. The lowest BCUT2D eigenvalue weighted by Crippen LogP contribution is -2.15. The van der Waals surface area contributed by atoms with E-state index in [2.05, 4.69) is 23.5 Å². The molecule has 0 aromatic heterocycles. The van der Waals surface area contributed by atoms with Crippen LogP contribution in [0.15, 0.2) is 42.5 Å². The summed E-state index contributed by atoms with van der Waals surface area (Å²) in [5.41, 5.74) is 3.50. The molecule has 0 heterocycles. The van der Waals surface area contributed by atoms with E-state index in [0.29, 0.717) is 16.1 Å². The van der Waals surface area contributed by atoms with E-state index >= 15 is 0 Å². The fourth-order valence-corrected chi connectivity index (χ4v) is 2.70. The maximum absolute atomic E-state index is 6.31. The molecule has 2 aromatic carbocycles. The molecule has 1 nitrogen and oxygen atoms in total. The van der Waals surface area contributed by atoms with Crippen molar-refractivity contribution >= 4 is 23.2 Å². The van der Waals surface area contributed by atoms with Crippen LogP contribution in [0.3, 0.4) is 0 Å². The zero-order chi connectivity index (χ0) is 13.2. The standard InChI is InChI=1S/C16H15Cl2N/c17-12-5-8-15(16(18)9-12)14-4-2-1-3-11(14)10-19-13-6-7-13/h1-5,8-9,13,19H,6-7,10H2. The molecule has 3 heteroatoms. The Morgan fingerprint density at radius 1 is 1.00 bits per heavy atom. The molecule has 0 bridgehead atoms. The molecule has 0 atom stereocenters. The first-order valence-electron chi connectivity index (χ1n) is 6.51. The van der Waals surface area contributed by atoms with Crippen molar-refractivity contribution in [1.82, 2.24) is 5.32 Å². The summed E-state index contributed by atoms with van der Waals surface area (Å²) in [6.45, 7) is 0.889. The van der Waals surface area contributed by atoms with Crippen molar-refractivity contribution in [2.75, 3.05) is 0 Å². The average molecular weight is 292 g/mol. The summed E-state index contributed by atoms with van der Waals surface area (Å²) in [5, 5.41) is 4.91. The smallest absolute Gasteiger partial charge is 0.0499 e. The van der Waals surface area contributed by atoms with Gasteiger partial charge in [-0.2, -0.15) is 0 Å². The Morgan fingerprint density at radius 3 is 2.53 bits per heavy atom. The number of hydrogen-bond donors (Lipinski definition) is 1. The lowest BCUT2D eigenvalue weighted by molar-refractivity contribution is 0.689. The van der Waals surface area contributed by atoms with E-state index in [1.807, 2.05) is 18.2 Å². The molecular formula is C16H15Cl2N. The zero-order valence-electron chi connectivity index (χ0n) is 10.5. The van der Waals surface area contributed by atoms with Crippen LogP contribution >= 0.6 is 23.2 Å². The van der Waals surface area contributed by atoms with Gasteiger partial charge in [0.15, 0.2) is 0 Å². The number of halogens is 2. The minimum atomic E-state index is 0.669. The van der Waals surface area contributed by atoms with Crippen molar-refractivity contribution in [3.8, 4) is 11.1 Å². The first-order chi connectivity index (χ1) is 9.24. The van der Waals surface area contributed by atoms with Crippen LogP contribution in [0.25, 0.3) is 11.1 Å². The second-order valence-corrected chi connectivity index (χ2v) is 5.78. The molecular weight excluding hydrogens is 277 g/mol. The Balaban J connectivity index is 1.93. The van der Waals surface area contributed by atoms with Crippen LogP contribution in [0.5, 0.6) is 0 Å². The first-order valence-corrected chi connectivity index (χ1v) is 7.26. The molecule has 0 saturated heterocycles. The van der Waals surface area contributed by atoms with Crippen LogP contribution in [-0.2, 0) is 6.54 Å². The topological polar surface area (TPSA) is 12.0 Å². The second-order valence-electron chi connectivity index (χ2n) is 4.94. The molecule has 0 amide bonds. The summed E-state index contributed by atoms with van der Waals surface area (Å²) < 4.78 is 0. The molecule has 0 radical (unpaired) electrons. The first kappa shape index (κ1) is 13.0. The van der Waals surface area contributed by atoms with Crippen molar-refractivity contribution in [2.24, 2.45) is 0 Å². The van der Waals surface area contributed by atoms with Gasteiger partial charge in [0.25, 0.3) is 0 Å². The number of nitrogens with one attached hydrogen (secondary N) is 1. The molecule has 19 heavy (non-hydrogen) atoms. The fourth-order valence-electron chi connectivity index (χ4n) is 2.19. The molecule has 1 aliphatic rings. The Hall–Kier alpha value is -1.02. The highest BCUT2D eigenvalue weighted by atomic mass is 35.5. The molecule has 0 unspecified atom stereocenters. The SMILES string of the molecule is Clc1ccc(-c2ccccc2CNC2CC2)c(Cl)c1. The van der Waals surface area contributed by atoms with Crippen LogP contribution in [0.2, 0.25) is 10.0 Å². The Kier molecular flexibility index (Phi) is 3.79. The van der Waals surface area contributed by atoms with Gasteiger partial charge in [-0.15, -0.1) is 0 Å². The van der Waals surface area contributed by atoms with Crippen LogP contribution in [0, 0.1) is 0 Å². The van der Waals surface area contributed by atoms with Crippen LogP contribution < -0.4 is 5.32 Å². The van der Waals surface area contributed by atoms with Gasteiger partial charge in [-0.05, 0) is 36.1 Å². The molecule has 3 rings (SSSR count). The van der Waals surface area contributed by atoms with Gasteiger partial charge in [0.05, 0.1) is 0 Å². The van der Waals surface area contributed by atoms with Crippen LogP contribution in [0.1, 0.15) is 18.4 Å². The van der Waals surface area contributed by atoms with Crippen molar-refractivity contribution in [3.05, 3.63) is 58.1 Å². The van der Waals surface area contributed by atoms with E-state index in [4.69, 9.17) is 23.2 Å². The minimum absolute atomic E-state index is 0.669. The highest BCUT2D eigenvalue weighted by Gasteiger charge is 2.20. The summed E-state index contributed by atoms with van der Waals surface area (Å²) in [7, 11) is 0. The fraction of sp³-hybridized carbons (Fsp3) is 0.250. The predicted molar refractivity (Wildman–Crippen MR) is 81.8 cm³/mol. The summed E-state index contributed by atoms with van der Waals surface area (Å²) in [6, 6.07) is 14.7. The zero-order valence-corrected chi connectivity index (χ0v) is 12.0. The van der Waals surface area contributed by atoms with E-state index in [0.717, 1.165) is 12.1 Å². The van der Waals surface area contributed by atoms with Gasteiger partial charge in [0, 0.05) is 28.2 Å². The van der Waals surface area contributed by atoms with E-state index < -0.39 is 0 Å². The van der Waals surface area contributed by atoms with E-state index in [1.165, 1.54) is 24.0 Å². The second kappa shape index (κ2) is 5.54. The lowest BCUT2D eigenvalue weighted by Gasteiger charge is -2.12. The van der Waals surface area contributed by atoms with Gasteiger partial charge in [0.2, 0.25) is 0 Å². The lowest BCUT2D eigenvalue weighted by atomic mass is 9.99. The van der Waals surface area contributed by atoms with Crippen molar-refractivity contribution < 1.29 is 0 Å². The van der Waals surface area contributed by atoms with E-state index in [9.17, 15) is 0 Å². The maximum atomic E-state index is 6.31. The summed E-state index contributed by atoms with van der Waals surface area (Å²) >= 11 is 12.3. The van der Waals surface area contributed by atoms with Gasteiger partial charge < -0.3 is 5.32 Å². The molecule has 0 aliphatic heterocycles.